The summed E-state index contributed by atoms with van der Waals surface area (Å²) in [7, 11) is 1.24. The highest BCUT2D eigenvalue weighted by Crippen LogP contribution is 2.31. The molecule has 0 spiro atoms. The molecule has 0 aromatic heterocycles. The van der Waals surface area contributed by atoms with Gasteiger partial charge in [0.05, 0.1) is 0 Å². The fraction of sp³-hybridized carbons (Fsp3) is 0.429. The van der Waals surface area contributed by atoms with E-state index >= 15 is 0 Å². The van der Waals surface area contributed by atoms with Gasteiger partial charge in [0.1, 0.15) is 0 Å². The fourth-order valence-corrected chi connectivity index (χ4v) is 1.65. The third kappa shape index (κ3) is 1.10. The molecule has 0 nitrogen and oxygen atoms in total. The van der Waals surface area contributed by atoms with E-state index in [2.05, 4.69) is 32.1 Å². The van der Waals surface area contributed by atoms with E-state index in [0.717, 1.165) is 0 Å². The Kier molecular flexibility index (Phi) is 1.16. The maximum absolute atomic E-state index is 2.33. The number of rotatable bonds is 0. The van der Waals surface area contributed by atoms with Crippen molar-refractivity contribution in [1.29, 1.82) is 0 Å². The summed E-state index contributed by atoms with van der Waals surface area (Å²) in [6.45, 7) is 4.42. The summed E-state index contributed by atoms with van der Waals surface area (Å²) in [4.78, 5) is 0. The molecule has 0 heterocycles. The molecule has 1 unspecified atom stereocenters. The molecule has 0 bridgehead atoms. The van der Waals surface area contributed by atoms with Crippen LogP contribution in [0.3, 0.4) is 0 Å². The summed E-state index contributed by atoms with van der Waals surface area (Å²) in [5.41, 5.74) is 1.42. The van der Waals surface area contributed by atoms with Gasteiger partial charge in [0.15, 0.2) is 0 Å². The molecule has 0 saturated carbocycles. The van der Waals surface area contributed by atoms with Gasteiger partial charge in [-0.05, 0) is 12.0 Å². The first-order chi connectivity index (χ1) is 3.60. The summed E-state index contributed by atoms with van der Waals surface area (Å²) in [6, 6.07) is 0. The zero-order valence-electron chi connectivity index (χ0n) is 5.73. The minimum absolute atomic E-state index is 0.462. The van der Waals surface area contributed by atoms with Crippen molar-refractivity contribution in [3.05, 3.63) is 23.8 Å². The Morgan fingerprint density at radius 3 is 2.38 bits per heavy atom. The van der Waals surface area contributed by atoms with Gasteiger partial charge in [0, 0.05) is 10.2 Å². The summed E-state index contributed by atoms with van der Waals surface area (Å²) in [5.74, 6) is 0. The van der Waals surface area contributed by atoms with Crippen molar-refractivity contribution in [3.8, 4) is 0 Å². The lowest BCUT2D eigenvalue weighted by atomic mass is 10.2. The second-order valence-electron chi connectivity index (χ2n) is 3.04. The highest BCUT2D eigenvalue weighted by Gasteiger charge is 2.13. The second kappa shape index (κ2) is 1.59. The second-order valence-corrected chi connectivity index (χ2v) is 5.20. The summed E-state index contributed by atoms with van der Waals surface area (Å²) < 4.78 is 0. The van der Waals surface area contributed by atoms with Crippen LogP contribution in [0.25, 0.3) is 0 Å². The van der Waals surface area contributed by atoms with E-state index in [4.69, 9.17) is 0 Å². The highest BCUT2D eigenvalue weighted by atomic mass is 28.1. The predicted molar refractivity (Wildman–Crippen MR) is 41.2 cm³/mol. The van der Waals surface area contributed by atoms with Gasteiger partial charge >= 0.3 is 0 Å². The average Bonchev–Trinajstić information content (AvgIpc) is 1.82. The molecule has 0 radical (unpaired) electrons. The van der Waals surface area contributed by atoms with E-state index in [1.807, 2.05) is 0 Å². The van der Waals surface area contributed by atoms with Crippen molar-refractivity contribution in [2.24, 2.45) is 0 Å². The van der Waals surface area contributed by atoms with Crippen molar-refractivity contribution >= 4 is 10.2 Å². The Labute approximate surface area is 53.7 Å². The Morgan fingerprint density at radius 1 is 1.62 bits per heavy atom. The van der Waals surface area contributed by atoms with Gasteiger partial charge in [0.2, 0.25) is 0 Å². The van der Waals surface area contributed by atoms with E-state index in [0.29, 0.717) is 5.04 Å². The van der Waals surface area contributed by atoms with Crippen LogP contribution in [0.2, 0.25) is 5.04 Å². The van der Waals surface area contributed by atoms with Gasteiger partial charge in [-0.15, -0.1) is 0 Å². The fourth-order valence-electron chi connectivity index (χ4n) is 1.03. The SMILES string of the molecule is CC1=CC(C)([SiH3])C=C1. The molecular weight excluding hydrogens is 112 g/mol. The molecule has 0 aromatic rings. The van der Waals surface area contributed by atoms with Crippen molar-refractivity contribution in [2.45, 2.75) is 18.9 Å². The lowest BCUT2D eigenvalue weighted by molar-refractivity contribution is 0.983. The molecule has 1 atom stereocenters. The molecule has 1 aliphatic rings. The van der Waals surface area contributed by atoms with Gasteiger partial charge < -0.3 is 0 Å². The summed E-state index contributed by atoms with van der Waals surface area (Å²) in [6.07, 6.45) is 6.82. The maximum Gasteiger partial charge on any atom is 0.0199 e. The topological polar surface area (TPSA) is 0 Å². The van der Waals surface area contributed by atoms with Crippen LogP contribution in [0.5, 0.6) is 0 Å². The minimum Gasteiger partial charge on any atom is -0.0783 e. The smallest absolute Gasteiger partial charge is 0.0199 e. The van der Waals surface area contributed by atoms with E-state index in [1.165, 1.54) is 15.8 Å². The average molecular weight is 124 g/mol. The normalized spacial score (nSPS) is 36.0. The Balaban J connectivity index is 2.84. The third-order valence-electron chi connectivity index (χ3n) is 1.38. The van der Waals surface area contributed by atoms with Crippen molar-refractivity contribution in [2.75, 3.05) is 0 Å². The van der Waals surface area contributed by atoms with E-state index < -0.39 is 0 Å². The van der Waals surface area contributed by atoms with Gasteiger partial charge in [-0.1, -0.05) is 30.7 Å². The van der Waals surface area contributed by atoms with E-state index in [-0.39, 0.29) is 0 Å². The van der Waals surface area contributed by atoms with Gasteiger partial charge in [-0.25, -0.2) is 0 Å². The van der Waals surface area contributed by atoms with Gasteiger partial charge in [0.25, 0.3) is 0 Å². The van der Waals surface area contributed by atoms with Gasteiger partial charge in [-0.3, -0.25) is 0 Å². The zero-order chi connectivity index (χ0) is 6.20. The van der Waals surface area contributed by atoms with Crippen LogP contribution in [0.4, 0.5) is 0 Å². The van der Waals surface area contributed by atoms with Crippen LogP contribution in [-0.4, -0.2) is 10.2 Å². The third-order valence-corrected chi connectivity index (χ3v) is 2.00. The lowest BCUT2D eigenvalue weighted by Gasteiger charge is -2.08. The monoisotopic (exact) mass is 124 g/mol. The van der Waals surface area contributed by atoms with Gasteiger partial charge in [-0.2, -0.15) is 0 Å². The first kappa shape index (κ1) is 5.83. The van der Waals surface area contributed by atoms with E-state index in [1.54, 1.807) is 0 Å². The number of hydrogen-bond donors (Lipinski definition) is 0. The summed E-state index contributed by atoms with van der Waals surface area (Å²) >= 11 is 0. The van der Waals surface area contributed by atoms with Crippen LogP contribution in [0.15, 0.2) is 23.8 Å². The quantitative estimate of drug-likeness (QED) is 0.423. The molecule has 1 aliphatic carbocycles. The van der Waals surface area contributed by atoms with Crippen LogP contribution in [0.1, 0.15) is 13.8 Å². The molecule has 0 amide bonds. The largest absolute Gasteiger partial charge is 0.0783 e. The van der Waals surface area contributed by atoms with E-state index in [9.17, 15) is 0 Å². The highest BCUT2D eigenvalue weighted by molar-refractivity contribution is 6.18. The predicted octanol–water partition coefficient (Wildman–Crippen LogP) is 1.05. The first-order valence-electron chi connectivity index (χ1n) is 2.99. The van der Waals surface area contributed by atoms with Crippen molar-refractivity contribution in [3.63, 3.8) is 0 Å². The summed E-state index contributed by atoms with van der Waals surface area (Å²) in [5, 5.41) is 0.462. The molecular formula is C7H12Si. The Hall–Kier alpha value is -0.303. The Bertz CT molecular complexity index is 152. The molecule has 0 fully saturated rings. The molecule has 0 N–H and O–H groups in total. The van der Waals surface area contributed by atoms with Crippen molar-refractivity contribution in [1.82, 2.24) is 0 Å². The standard InChI is InChI=1S/C7H12Si/c1-6-3-4-7(2,8)5-6/h3-5H,1-2,8H3. The van der Waals surface area contributed by atoms with Crippen LogP contribution >= 0.6 is 0 Å². The van der Waals surface area contributed by atoms with Crippen LogP contribution in [-0.2, 0) is 0 Å². The molecule has 0 saturated heterocycles. The molecule has 1 heteroatoms. The molecule has 8 heavy (non-hydrogen) atoms. The molecule has 44 valence electrons. The minimum atomic E-state index is 0.462. The zero-order valence-corrected chi connectivity index (χ0v) is 7.73. The van der Waals surface area contributed by atoms with Crippen LogP contribution < -0.4 is 0 Å². The number of allylic oxidation sites excluding steroid dienone is 4. The maximum atomic E-state index is 2.33. The first-order valence-corrected chi connectivity index (χ1v) is 3.99. The Morgan fingerprint density at radius 2 is 2.25 bits per heavy atom. The molecule has 0 aromatic carbocycles. The molecule has 1 rings (SSSR count). The lowest BCUT2D eigenvalue weighted by Crippen LogP contribution is -1.94. The van der Waals surface area contributed by atoms with Crippen molar-refractivity contribution < 1.29 is 0 Å². The number of hydrogen-bond acceptors (Lipinski definition) is 0. The van der Waals surface area contributed by atoms with Crippen LogP contribution in [0, 0.1) is 0 Å². The molecule has 0 aliphatic heterocycles.